The van der Waals surface area contributed by atoms with Crippen LogP contribution in [0, 0.1) is 0 Å². The Labute approximate surface area is 115 Å². The van der Waals surface area contributed by atoms with Crippen molar-refractivity contribution in [2.24, 2.45) is 0 Å². The Morgan fingerprint density at radius 2 is 1.89 bits per heavy atom. The lowest BCUT2D eigenvalue weighted by Crippen LogP contribution is -2.60. The summed E-state index contributed by atoms with van der Waals surface area (Å²) in [6, 6.07) is 8.17. The van der Waals surface area contributed by atoms with E-state index in [0.29, 0.717) is 19.3 Å². The van der Waals surface area contributed by atoms with Gasteiger partial charge in [0.1, 0.15) is 12.2 Å². The van der Waals surface area contributed by atoms with E-state index in [1.807, 2.05) is 45.2 Å². The normalized spacial score (nSPS) is 25.7. The highest BCUT2D eigenvalue weighted by Gasteiger charge is 2.43. The van der Waals surface area contributed by atoms with Crippen LogP contribution in [0.1, 0.15) is 20.3 Å². The SMILES string of the molecule is CCOc1ccccc1OC1CC(NC)C1OCC. The lowest BCUT2D eigenvalue weighted by atomic mass is 9.85. The van der Waals surface area contributed by atoms with E-state index in [0.717, 1.165) is 17.9 Å². The molecule has 0 radical (unpaired) electrons. The quantitative estimate of drug-likeness (QED) is 0.820. The van der Waals surface area contributed by atoms with Crippen LogP contribution in [0.25, 0.3) is 0 Å². The fourth-order valence-electron chi connectivity index (χ4n) is 2.38. The summed E-state index contributed by atoms with van der Waals surface area (Å²) < 4.78 is 17.4. The Bertz CT molecular complexity index is 397. The lowest BCUT2D eigenvalue weighted by molar-refractivity contribution is -0.103. The van der Waals surface area contributed by atoms with Crippen molar-refractivity contribution in [3.05, 3.63) is 24.3 Å². The predicted molar refractivity (Wildman–Crippen MR) is 74.9 cm³/mol. The minimum Gasteiger partial charge on any atom is -0.490 e. The van der Waals surface area contributed by atoms with Crippen molar-refractivity contribution in [1.29, 1.82) is 0 Å². The Balaban J connectivity index is 2.01. The Kier molecular flexibility index (Phi) is 5.05. The number of ether oxygens (including phenoxy) is 3. The van der Waals surface area contributed by atoms with Gasteiger partial charge in [0.2, 0.25) is 0 Å². The lowest BCUT2D eigenvalue weighted by Gasteiger charge is -2.43. The molecule has 4 heteroatoms. The number of likely N-dealkylation sites (N-methyl/N-ethyl adjacent to an activating group) is 1. The summed E-state index contributed by atoms with van der Waals surface area (Å²) in [7, 11) is 1.96. The first-order chi connectivity index (χ1) is 9.30. The molecule has 0 aliphatic heterocycles. The molecule has 1 fully saturated rings. The highest BCUT2D eigenvalue weighted by molar-refractivity contribution is 5.39. The van der Waals surface area contributed by atoms with Crippen LogP contribution in [0.4, 0.5) is 0 Å². The molecular weight excluding hydrogens is 242 g/mol. The molecule has 0 amide bonds. The van der Waals surface area contributed by atoms with Gasteiger partial charge in [-0.3, -0.25) is 0 Å². The van der Waals surface area contributed by atoms with Gasteiger partial charge in [-0.05, 0) is 33.0 Å². The number of benzene rings is 1. The summed E-state index contributed by atoms with van der Waals surface area (Å²) in [4.78, 5) is 0. The van der Waals surface area contributed by atoms with E-state index in [1.165, 1.54) is 0 Å². The summed E-state index contributed by atoms with van der Waals surface area (Å²) in [5.41, 5.74) is 0. The molecule has 1 N–H and O–H groups in total. The molecular formula is C15H23NO3. The van der Waals surface area contributed by atoms with Crippen LogP contribution in [0.15, 0.2) is 24.3 Å². The van der Waals surface area contributed by atoms with Gasteiger partial charge in [0, 0.05) is 19.1 Å². The van der Waals surface area contributed by atoms with Crippen LogP contribution in [0.3, 0.4) is 0 Å². The van der Waals surface area contributed by atoms with E-state index >= 15 is 0 Å². The number of hydrogen-bond acceptors (Lipinski definition) is 4. The van der Waals surface area contributed by atoms with Crippen molar-refractivity contribution in [1.82, 2.24) is 5.32 Å². The maximum atomic E-state index is 6.04. The van der Waals surface area contributed by atoms with Gasteiger partial charge in [0.15, 0.2) is 11.5 Å². The standard InChI is InChI=1S/C15H23NO3/c1-4-17-12-8-6-7-9-13(12)19-14-10-11(16-3)15(14)18-5-2/h6-9,11,14-16H,4-5,10H2,1-3H3. The van der Waals surface area contributed by atoms with Gasteiger partial charge in [-0.2, -0.15) is 0 Å². The Hall–Kier alpha value is -1.26. The first-order valence-corrected chi connectivity index (χ1v) is 6.97. The molecule has 3 atom stereocenters. The van der Waals surface area contributed by atoms with Crippen LogP contribution in [-0.4, -0.2) is 38.5 Å². The molecule has 0 bridgehead atoms. The summed E-state index contributed by atoms with van der Waals surface area (Å²) >= 11 is 0. The van der Waals surface area contributed by atoms with Crippen LogP contribution in [0.5, 0.6) is 11.5 Å². The third-order valence-electron chi connectivity index (χ3n) is 3.41. The number of rotatable bonds is 7. The van der Waals surface area contributed by atoms with Gasteiger partial charge in [0.05, 0.1) is 6.61 Å². The summed E-state index contributed by atoms with van der Waals surface area (Å²) in [5, 5.41) is 3.26. The Morgan fingerprint density at radius 1 is 1.16 bits per heavy atom. The smallest absolute Gasteiger partial charge is 0.161 e. The molecule has 0 heterocycles. The van der Waals surface area contributed by atoms with Crippen LogP contribution in [-0.2, 0) is 4.74 Å². The van der Waals surface area contributed by atoms with E-state index in [4.69, 9.17) is 14.2 Å². The highest BCUT2D eigenvalue weighted by Crippen LogP contribution is 2.33. The predicted octanol–water partition coefficient (Wildman–Crippen LogP) is 2.23. The van der Waals surface area contributed by atoms with Crippen LogP contribution in [0.2, 0.25) is 0 Å². The number of para-hydroxylation sites is 2. The molecule has 3 unspecified atom stereocenters. The summed E-state index contributed by atoms with van der Waals surface area (Å²) in [6.45, 7) is 5.32. The van der Waals surface area contributed by atoms with Crippen LogP contribution >= 0.6 is 0 Å². The molecule has 0 aromatic heterocycles. The molecule has 1 aliphatic carbocycles. The van der Waals surface area contributed by atoms with Gasteiger partial charge >= 0.3 is 0 Å². The van der Waals surface area contributed by atoms with E-state index in [-0.39, 0.29) is 12.2 Å². The van der Waals surface area contributed by atoms with Gasteiger partial charge in [-0.1, -0.05) is 12.1 Å². The number of hydrogen-bond donors (Lipinski definition) is 1. The maximum absolute atomic E-state index is 6.04. The van der Waals surface area contributed by atoms with E-state index in [9.17, 15) is 0 Å². The fraction of sp³-hybridized carbons (Fsp3) is 0.600. The van der Waals surface area contributed by atoms with Gasteiger partial charge < -0.3 is 19.5 Å². The van der Waals surface area contributed by atoms with Crippen molar-refractivity contribution < 1.29 is 14.2 Å². The Morgan fingerprint density at radius 3 is 2.53 bits per heavy atom. The molecule has 1 aromatic carbocycles. The second kappa shape index (κ2) is 6.78. The molecule has 1 aromatic rings. The minimum absolute atomic E-state index is 0.0963. The first-order valence-electron chi connectivity index (χ1n) is 6.97. The zero-order valence-electron chi connectivity index (χ0n) is 11.9. The largest absolute Gasteiger partial charge is 0.490 e. The second-order valence-electron chi connectivity index (χ2n) is 4.59. The zero-order chi connectivity index (χ0) is 13.7. The molecule has 1 saturated carbocycles. The van der Waals surface area contributed by atoms with E-state index in [1.54, 1.807) is 0 Å². The van der Waals surface area contributed by atoms with Crippen molar-refractivity contribution in [2.75, 3.05) is 20.3 Å². The van der Waals surface area contributed by atoms with Gasteiger partial charge in [-0.15, -0.1) is 0 Å². The fourth-order valence-corrected chi connectivity index (χ4v) is 2.38. The molecule has 0 spiro atoms. The molecule has 0 saturated heterocycles. The van der Waals surface area contributed by atoms with Crippen molar-refractivity contribution in [2.45, 2.75) is 38.5 Å². The molecule has 4 nitrogen and oxygen atoms in total. The summed E-state index contributed by atoms with van der Waals surface area (Å²) in [6.07, 6.45) is 1.17. The monoisotopic (exact) mass is 265 g/mol. The molecule has 19 heavy (non-hydrogen) atoms. The van der Waals surface area contributed by atoms with Gasteiger partial charge in [-0.25, -0.2) is 0 Å². The molecule has 2 rings (SSSR count). The van der Waals surface area contributed by atoms with Crippen molar-refractivity contribution in [3.8, 4) is 11.5 Å². The molecule has 106 valence electrons. The van der Waals surface area contributed by atoms with Crippen LogP contribution < -0.4 is 14.8 Å². The summed E-state index contributed by atoms with van der Waals surface area (Å²) in [5.74, 6) is 1.60. The average Bonchev–Trinajstić information content (AvgIpc) is 2.42. The zero-order valence-corrected chi connectivity index (χ0v) is 11.9. The highest BCUT2D eigenvalue weighted by atomic mass is 16.6. The maximum Gasteiger partial charge on any atom is 0.161 e. The first kappa shape index (κ1) is 14.2. The third-order valence-corrected chi connectivity index (χ3v) is 3.41. The number of nitrogens with one attached hydrogen (secondary N) is 1. The second-order valence-corrected chi connectivity index (χ2v) is 4.59. The topological polar surface area (TPSA) is 39.7 Å². The van der Waals surface area contributed by atoms with E-state index in [2.05, 4.69) is 5.32 Å². The minimum atomic E-state index is 0.0963. The van der Waals surface area contributed by atoms with Crippen molar-refractivity contribution in [3.63, 3.8) is 0 Å². The average molecular weight is 265 g/mol. The van der Waals surface area contributed by atoms with Crippen molar-refractivity contribution >= 4 is 0 Å². The van der Waals surface area contributed by atoms with E-state index < -0.39 is 0 Å². The molecule has 1 aliphatic rings. The third kappa shape index (κ3) is 3.19. The van der Waals surface area contributed by atoms with Gasteiger partial charge in [0.25, 0.3) is 0 Å².